The van der Waals surface area contributed by atoms with Crippen molar-refractivity contribution < 1.29 is 0 Å². The minimum Gasteiger partial charge on any atom is -0.147 e. The lowest BCUT2D eigenvalue weighted by Gasteiger charge is -1.56. The van der Waals surface area contributed by atoms with Crippen molar-refractivity contribution in [2.24, 2.45) is 0 Å². The summed E-state index contributed by atoms with van der Waals surface area (Å²) < 4.78 is 0. The van der Waals surface area contributed by atoms with E-state index in [1.165, 1.54) is 0 Å². The maximum Gasteiger partial charge on any atom is -0.00633 e. The highest BCUT2D eigenvalue weighted by atomic mass is 35.5. The Morgan fingerprint density at radius 2 is 2.00 bits per heavy atom. The van der Waals surface area contributed by atoms with Gasteiger partial charge < -0.3 is 0 Å². The zero-order valence-electron chi connectivity index (χ0n) is 2.85. The third kappa shape index (κ3) is 12.7. The molecule has 0 spiro atoms. The Hall–Kier alpha value is 0.460. The fourth-order valence-electron chi connectivity index (χ4n) is 0. The molecule has 0 unspecified atom stereocenters. The van der Waals surface area contributed by atoms with Gasteiger partial charge in [-0.25, -0.2) is 0 Å². The van der Waals surface area contributed by atoms with Crippen LogP contribution in [0.4, 0.5) is 0 Å². The molecule has 0 aliphatic rings. The van der Waals surface area contributed by atoms with E-state index in [4.69, 9.17) is 0 Å². The summed E-state index contributed by atoms with van der Waals surface area (Å²) >= 11 is 0. The van der Waals surface area contributed by atoms with Crippen LogP contribution in [-0.4, -0.2) is 6.16 Å². The van der Waals surface area contributed by atoms with Crippen LogP contribution >= 0.6 is 21.6 Å². The molecular formula is C3H6ClP. The largest absolute Gasteiger partial charge is 0.147 e. The first-order valence-electron chi connectivity index (χ1n) is 1.13. The Labute approximate surface area is 41.3 Å². The minimum absolute atomic E-state index is 0. The van der Waals surface area contributed by atoms with Crippen molar-refractivity contribution >= 4 is 21.6 Å². The molecule has 0 N–H and O–H groups in total. The van der Waals surface area contributed by atoms with Gasteiger partial charge in [-0.1, -0.05) is 6.08 Å². The van der Waals surface area contributed by atoms with E-state index in [0.717, 1.165) is 6.16 Å². The van der Waals surface area contributed by atoms with Gasteiger partial charge in [-0.3, -0.25) is 0 Å². The van der Waals surface area contributed by atoms with E-state index in [1.807, 2.05) is 0 Å². The van der Waals surface area contributed by atoms with Gasteiger partial charge in [0.15, 0.2) is 0 Å². The summed E-state index contributed by atoms with van der Waals surface area (Å²) in [5.74, 6) is 0. The van der Waals surface area contributed by atoms with Crippen LogP contribution < -0.4 is 0 Å². The fraction of sp³-hybridized carbons (Fsp3) is 0.333. The topological polar surface area (TPSA) is 0 Å². The summed E-state index contributed by atoms with van der Waals surface area (Å²) in [5.41, 5.74) is 0. The average molecular weight is 109 g/mol. The van der Waals surface area contributed by atoms with Gasteiger partial charge in [0.05, 0.1) is 0 Å². The van der Waals surface area contributed by atoms with Gasteiger partial charge in [0.1, 0.15) is 0 Å². The smallest absolute Gasteiger partial charge is 0.00633 e. The Bertz CT molecular complexity index is 20.9. The summed E-state index contributed by atoms with van der Waals surface area (Å²) in [4.78, 5) is 0. The number of allylic oxidation sites excluding steroid dienone is 1. The summed E-state index contributed by atoms with van der Waals surface area (Å²) in [7, 11) is 3.80. The molecule has 0 nitrogen and oxygen atoms in total. The molecule has 0 rings (SSSR count). The van der Waals surface area contributed by atoms with Gasteiger partial charge in [0, 0.05) is 0 Å². The summed E-state index contributed by atoms with van der Waals surface area (Å²) in [6, 6.07) is 0. The Balaban J connectivity index is 0. The van der Waals surface area contributed by atoms with Gasteiger partial charge in [0.25, 0.3) is 0 Å². The number of rotatable bonds is 1. The van der Waals surface area contributed by atoms with Crippen LogP contribution in [0.3, 0.4) is 0 Å². The van der Waals surface area contributed by atoms with Crippen LogP contribution in [0.25, 0.3) is 0 Å². The lowest BCUT2D eigenvalue weighted by Crippen LogP contribution is -1.43. The zero-order valence-corrected chi connectivity index (χ0v) is 4.56. The van der Waals surface area contributed by atoms with Crippen molar-refractivity contribution in [3.63, 3.8) is 0 Å². The first-order chi connectivity index (χ1) is 1.91. The first kappa shape index (κ1) is 9.07. The normalized spacial score (nSPS) is 5.00. The molecule has 0 atom stereocenters. The fourth-order valence-corrected chi connectivity index (χ4v) is 0. The van der Waals surface area contributed by atoms with Crippen molar-refractivity contribution in [2.75, 3.05) is 6.16 Å². The molecule has 0 bridgehead atoms. The highest BCUT2D eigenvalue weighted by Gasteiger charge is 1.47. The van der Waals surface area contributed by atoms with Crippen LogP contribution in [-0.2, 0) is 0 Å². The molecule has 5 heavy (non-hydrogen) atoms. The van der Waals surface area contributed by atoms with Crippen LogP contribution in [0, 0.1) is 0 Å². The second-order valence-electron chi connectivity index (χ2n) is 0.471. The van der Waals surface area contributed by atoms with E-state index in [0.29, 0.717) is 0 Å². The van der Waals surface area contributed by atoms with Crippen LogP contribution in [0.2, 0.25) is 0 Å². The predicted octanol–water partition coefficient (Wildman–Crippen LogP) is 2.00. The third-order valence-electron chi connectivity index (χ3n) is 0.129. The number of hydrogen-bond donors (Lipinski definition) is 0. The molecule has 0 saturated heterocycles. The van der Waals surface area contributed by atoms with Gasteiger partial charge in [-0.15, -0.1) is 19.0 Å². The highest BCUT2D eigenvalue weighted by Crippen LogP contribution is 1.74. The van der Waals surface area contributed by atoms with E-state index in [-0.39, 0.29) is 12.4 Å². The quantitative estimate of drug-likeness (QED) is 0.356. The molecule has 0 aromatic heterocycles. The second kappa shape index (κ2) is 8.82. The maximum absolute atomic E-state index is 3.80. The van der Waals surface area contributed by atoms with Crippen molar-refractivity contribution in [3.8, 4) is 0 Å². The molecule has 2 heteroatoms. The van der Waals surface area contributed by atoms with Crippen molar-refractivity contribution in [3.05, 3.63) is 12.7 Å². The zero-order chi connectivity index (χ0) is 3.41. The van der Waals surface area contributed by atoms with Crippen molar-refractivity contribution in [2.45, 2.75) is 0 Å². The molecule has 0 aliphatic carbocycles. The lowest BCUT2D eigenvalue weighted by molar-refractivity contribution is 1.83. The van der Waals surface area contributed by atoms with Crippen LogP contribution in [0.15, 0.2) is 12.7 Å². The first-order valence-corrected chi connectivity index (χ1v) is 1.77. The van der Waals surface area contributed by atoms with E-state index < -0.39 is 0 Å². The average Bonchev–Trinajstić information content (AvgIpc) is 1.37. The van der Waals surface area contributed by atoms with Crippen LogP contribution in [0.1, 0.15) is 0 Å². The molecule has 30 valence electrons. The molecule has 0 aromatic rings. The standard InChI is InChI=1S/C3H5P.ClH/c1-2-3-4;/h2H,1,3H2;1H. The Morgan fingerprint density at radius 1 is 1.80 bits per heavy atom. The van der Waals surface area contributed by atoms with Crippen molar-refractivity contribution in [1.82, 2.24) is 0 Å². The van der Waals surface area contributed by atoms with Crippen LogP contribution in [0.5, 0.6) is 0 Å². The minimum atomic E-state index is 0. The third-order valence-corrected chi connectivity index (χ3v) is 0.387. The van der Waals surface area contributed by atoms with Gasteiger partial charge in [0.2, 0.25) is 0 Å². The highest BCUT2D eigenvalue weighted by molar-refractivity contribution is 7.16. The van der Waals surface area contributed by atoms with E-state index in [9.17, 15) is 0 Å². The molecule has 0 saturated carbocycles. The molecule has 0 amide bonds. The van der Waals surface area contributed by atoms with E-state index >= 15 is 0 Å². The monoisotopic (exact) mass is 108 g/mol. The number of hydrogen-bond acceptors (Lipinski definition) is 0. The Morgan fingerprint density at radius 3 is 2.00 bits per heavy atom. The molecule has 0 heterocycles. The molecule has 0 fully saturated rings. The van der Waals surface area contributed by atoms with Gasteiger partial charge in [-0.05, 0) is 15.4 Å². The number of halogens is 1. The summed E-state index contributed by atoms with van der Waals surface area (Å²) in [6.45, 7) is 3.40. The summed E-state index contributed by atoms with van der Waals surface area (Å²) in [6.07, 6.45) is 2.52. The van der Waals surface area contributed by atoms with Crippen molar-refractivity contribution in [1.29, 1.82) is 0 Å². The lowest BCUT2D eigenvalue weighted by atomic mass is 10.8. The molecular weight excluding hydrogens is 102 g/mol. The predicted molar refractivity (Wildman–Crippen MR) is 29.2 cm³/mol. The summed E-state index contributed by atoms with van der Waals surface area (Å²) in [5, 5.41) is 0. The maximum atomic E-state index is 3.80. The van der Waals surface area contributed by atoms with E-state index in [2.05, 4.69) is 15.8 Å². The molecule has 0 aliphatic heterocycles. The molecule has 2 radical (unpaired) electrons. The Kier molecular flexibility index (Phi) is 16.0. The van der Waals surface area contributed by atoms with Gasteiger partial charge in [-0.2, -0.15) is 0 Å². The second-order valence-corrected chi connectivity index (χ2v) is 0.836. The van der Waals surface area contributed by atoms with Gasteiger partial charge >= 0.3 is 0 Å². The SMILES string of the molecule is C=CC[P].Cl. The van der Waals surface area contributed by atoms with E-state index in [1.54, 1.807) is 6.08 Å². The molecule has 0 aromatic carbocycles.